The molecule has 6 heteroatoms. The molecule has 4 rings (SSSR count). The maximum Gasteiger partial charge on any atom is 0.251 e. The number of hydrogen-bond acceptors (Lipinski definition) is 5. The lowest BCUT2D eigenvalue weighted by Crippen LogP contribution is -2.25. The van der Waals surface area contributed by atoms with Crippen LogP contribution in [0.15, 0.2) is 41.9 Å². The molecule has 24 heavy (non-hydrogen) atoms. The Bertz CT molecular complexity index is 891. The summed E-state index contributed by atoms with van der Waals surface area (Å²) in [5, 5.41) is 2.96. The predicted molar refractivity (Wildman–Crippen MR) is 93.1 cm³/mol. The molecule has 1 N–H and O–H groups in total. The van der Waals surface area contributed by atoms with E-state index in [1.54, 1.807) is 5.51 Å². The Morgan fingerprint density at radius 1 is 1.12 bits per heavy atom. The second-order valence-electron chi connectivity index (χ2n) is 5.52. The molecule has 0 radical (unpaired) electrons. The number of nitrogens with zero attached hydrogens (tertiary/aromatic N) is 1. The second-order valence-corrected chi connectivity index (χ2v) is 6.41. The number of fused-ring (bicyclic) bond motifs is 2. The molecule has 3 aromatic rings. The number of aromatic nitrogens is 1. The lowest BCUT2D eigenvalue weighted by molar-refractivity contribution is 0.0954. The molecule has 122 valence electrons. The zero-order valence-electron chi connectivity index (χ0n) is 13.0. The van der Waals surface area contributed by atoms with Crippen LogP contribution in [-0.4, -0.2) is 30.6 Å². The third-order valence-electron chi connectivity index (χ3n) is 3.90. The number of ether oxygens (including phenoxy) is 2. The van der Waals surface area contributed by atoms with Crippen LogP contribution in [-0.2, 0) is 6.42 Å². The minimum absolute atomic E-state index is 0.0668. The van der Waals surface area contributed by atoms with Crippen molar-refractivity contribution in [2.45, 2.75) is 6.42 Å². The van der Waals surface area contributed by atoms with Gasteiger partial charge in [-0.15, -0.1) is 11.3 Å². The minimum atomic E-state index is -0.0668. The molecule has 5 nitrogen and oxygen atoms in total. The van der Waals surface area contributed by atoms with Crippen molar-refractivity contribution < 1.29 is 14.3 Å². The van der Waals surface area contributed by atoms with E-state index >= 15 is 0 Å². The standard InChI is InChI=1S/C18H16N2O3S/c21-18(13-2-3-14-17(10-13)24-11-20-14)19-6-5-12-1-4-15-16(9-12)23-8-7-22-15/h1-4,9-11H,5-8H2,(H,19,21). The highest BCUT2D eigenvalue weighted by Gasteiger charge is 2.12. The van der Waals surface area contributed by atoms with E-state index in [-0.39, 0.29) is 5.91 Å². The maximum atomic E-state index is 12.3. The Hall–Kier alpha value is -2.60. The first-order valence-corrected chi connectivity index (χ1v) is 8.67. The first-order valence-electron chi connectivity index (χ1n) is 7.79. The molecule has 0 fully saturated rings. The summed E-state index contributed by atoms with van der Waals surface area (Å²) < 4.78 is 12.1. The van der Waals surface area contributed by atoms with Crippen molar-refractivity contribution >= 4 is 27.5 Å². The molecule has 0 unspecified atom stereocenters. The summed E-state index contributed by atoms with van der Waals surface area (Å²) in [7, 11) is 0. The van der Waals surface area contributed by atoms with Crippen LogP contribution >= 0.6 is 11.3 Å². The summed E-state index contributed by atoms with van der Waals surface area (Å²) >= 11 is 1.54. The predicted octanol–water partition coefficient (Wildman–Crippen LogP) is 3.04. The average molecular weight is 340 g/mol. The third kappa shape index (κ3) is 3.05. The van der Waals surface area contributed by atoms with E-state index in [9.17, 15) is 4.79 Å². The molecule has 1 aliphatic rings. The molecule has 0 saturated carbocycles. The fourth-order valence-corrected chi connectivity index (χ4v) is 3.38. The molecule has 0 spiro atoms. The Labute approximate surface area is 143 Å². The van der Waals surface area contributed by atoms with E-state index in [2.05, 4.69) is 10.3 Å². The van der Waals surface area contributed by atoms with Crippen molar-refractivity contribution in [1.29, 1.82) is 0 Å². The van der Waals surface area contributed by atoms with Crippen LogP contribution in [0.25, 0.3) is 10.2 Å². The van der Waals surface area contributed by atoms with E-state index in [0.29, 0.717) is 25.3 Å². The molecular formula is C18H16N2O3S. The number of amides is 1. The Morgan fingerprint density at radius 2 is 2.00 bits per heavy atom. The monoisotopic (exact) mass is 340 g/mol. The SMILES string of the molecule is O=C(NCCc1ccc2c(c1)OCCO2)c1ccc2ncsc2c1. The van der Waals surface area contributed by atoms with Crippen molar-refractivity contribution in [2.75, 3.05) is 19.8 Å². The van der Waals surface area contributed by atoms with Crippen molar-refractivity contribution in [3.05, 3.63) is 53.0 Å². The Kier molecular flexibility index (Phi) is 4.04. The second kappa shape index (κ2) is 6.49. The van der Waals surface area contributed by atoms with E-state index < -0.39 is 0 Å². The highest BCUT2D eigenvalue weighted by Crippen LogP contribution is 2.30. The average Bonchev–Trinajstić information content (AvgIpc) is 3.09. The molecule has 0 atom stereocenters. The smallest absolute Gasteiger partial charge is 0.251 e. The number of rotatable bonds is 4. The highest BCUT2D eigenvalue weighted by molar-refractivity contribution is 7.16. The van der Waals surface area contributed by atoms with E-state index in [0.717, 1.165) is 33.7 Å². The van der Waals surface area contributed by atoms with Gasteiger partial charge in [0.15, 0.2) is 11.5 Å². The first-order chi connectivity index (χ1) is 11.8. The van der Waals surface area contributed by atoms with Gasteiger partial charge in [-0.3, -0.25) is 4.79 Å². The number of nitrogens with one attached hydrogen (secondary N) is 1. The topological polar surface area (TPSA) is 60.5 Å². The van der Waals surface area contributed by atoms with Gasteiger partial charge in [0.05, 0.1) is 15.7 Å². The van der Waals surface area contributed by atoms with Crippen LogP contribution < -0.4 is 14.8 Å². The highest BCUT2D eigenvalue weighted by atomic mass is 32.1. The van der Waals surface area contributed by atoms with Gasteiger partial charge in [0.25, 0.3) is 5.91 Å². The summed E-state index contributed by atoms with van der Waals surface area (Å²) in [6.07, 6.45) is 0.741. The van der Waals surface area contributed by atoms with Crippen LogP contribution in [0.3, 0.4) is 0 Å². The van der Waals surface area contributed by atoms with Gasteiger partial charge >= 0.3 is 0 Å². The van der Waals surface area contributed by atoms with Gasteiger partial charge in [-0.05, 0) is 42.3 Å². The van der Waals surface area contributed by atoms with Crippen molar-refractivity contribution in [3.63, 3.8) is 0 Å². The molecule has 1 amide bonds. The van der Waals surface area contributed by atoms with Crippen LogP contribution in [0.4, 0.5) is 0 Å². The Balaban J connectivity index is 1.37. The van der Waals surface area contributed by atoms with E-state index in [4.69, 9.17) is 9.47 Å². The Morgan fingerprint density at radius 3 is 2.92 bits per heavy atom. The largest absolute Gasteiger partial charge is 0.486 e. The fraction of sp³-hybridized carbons (Fsp3) is 0.222. The summed E-state index contributed by atoms with van der Waals surface area (Å²) in [5.74, 6) is 1.50. The number of thiazole rings is 1. The summed E-state index contributed by atoms with van der Waals surface area (Å²) in [6.45, 7) is 1.74. The summed E-state index contributed by atoms with van der Waals surface area (Å²) in [4.78, 5) is 16.5. The van der Waals surface area contributed by atoms with Crippen LogP contribution in [0.1, 0.15) is 15.9 Å². The molecule has 1 aliphatic heterocycles. The zero-order valence-corrected chi connectivity index (χ0v) is 13.8. The molecule has 2 aromatic carbocycles. The van der Waals surface area contributed by atoms with Gasteiger partial charge < -0.3 is 14.8 Å². The van der Waals surface area contributed by atoms with Gasteiger partial charge in [-0.2, -0.15) is 0 Å². The third-order valence-corrected chi connectivity index (χ3v) is 4.69. The minimum Gasteiger partial charge on any atom is -0.486 e. The van der Waals surface area contributed by atoms with Crippen molar-refractivity contribution in [3.8, 4) is 11.5 Å². The fourth-order valence-electron chi connectivity index (χ4n) is 2.66. The van der Waals surface area contributed by atoms with Gasteiger partial charge in [0.2, 0.25) is 0 Å². The lowest BCUT2D eigenvalue weighted by Gasteiger charge is -2.18. The van der Waals surface area contributed by atoms with Crippen LogP contribution in [0, 0.1) is 0 Å². The van der Waals surface area contributed by atoms with E-state index in [1.807, 2.05) is 36.4 Å². The number of carbonyl (C=O) groups excluding carboxylic acids is 1. The lowest BCUT2D eigenvalue weighted by atomic mass is 10.1. The maximum absolute atomic E-state index is 12.3. The van der Waals surface area contributed by atoms with Gasteiger partial charge in [-0.1, -0.05) is 6.07 Å². The first kappa shape index (κ1) is 15.0. The molecular weight excluding hydrogens is 324 g/mol. The molecule has 1 aromatic heterocycles. The number of benzene rings is 2. The zero-order chi connectivity index (χ0) is 16.4. The van der Waals surface area contributed by atoms with Gasteiger partial charge in [-0.25, -0.2) is 4.98 Å². The molecule has 0 bridgehead atoms. The molecule has 2 heterocycles. The van der Waals surface area contributed by atoms with E-state index in [1.165, 1.54) is 11.3 Å². The van der Waals surface area contributed by atoms with Crippen LogP contribution in [0.5, 0.6) is 11.5 Å². The van der Waals surface area contributed by atoms with Gasteiger partial charge in [0, 0.05) is 12.1 Å². The van der Waals surface area contributed by atoms with Crippen LogP contribution in [0.2, 0.25) is 0 Å². The quantitative estimate of drug-likeness (QED) is 0.793. The molecule has 0 aliphatic carbocycles. The van der Waals surface area contributed by atoms with Crippen molar-refractivity contribution in [2.24, 2.45) is 0 Å². The normalized spacial score (nSPS) is 13.0. The molecule has 0 saturated heterocycles. The van der Waals surface area contributed by atoms with Crippen molar-refractivity contribution in [1.82, 2.24) is 10.3 Å². The summed E-state index contributed by atoms with van der Waals surface area (Å²) in [6, 6.07) is 11.5. The van der Waals surface area contributed by atoms with Gasteiger partial charge in [0.1, 0.15) is 13.2 Å². The number of carbonyl (C=O) groups is 1. The number of hydrogen-bond donors (Lipinski definition) is 1. The summed E-state index contributed by atoms with van der Waals surface area (Å²) in [5.41, 5.74) is 4.48.